The molecule has 1 amide bonds. The number of nitrogens with two attached hydrogens (primary N) is 1. The zero-order valence-electron chi connectivity index (χ0n) is 19.3. The van der Waals surface area contributed by atoms with Crippen molar-refractivity contribution in [2.24, 2.45) is 5.73 Å². The van der Waals surface area contributed by atoms with Crippen molar-refractivity contribution in [3.05, 3.63) is 68.9 Å². The van der Waals surface area contributed by atoms with Gasteiger partial charge in [-0.1, -0.05) is 18.2 Å². The summed E-state index contributed by atoms with van der Waals surface area (Å²) in [7, 11) is 0. The third-order valence-electron chi connectivity index (χ3n) is 6.45. The molecule has 4 N–H and O–H groups in total. The van der Waals surface area contributed by atoms with E-state index in [1.165, 1.54) is 0 Å². The summed E-state index contributed by atoms with van der Waals surface area (Å²) < 4.78 is 60.9. The molecule has 5 rings (SSSR count). The molecule has 13 heteroatoms. The van der Waals surface area contributed by atoms with Crippen LogP contribution in [0.1, 0.15) is 27.2 Å². The number of amidine groups is 2. The fraction of sp³-hybridized carbons (Fsp3) is 0.292. The van der Waals surface area contributed by atoms with E-state index in [2.05, 4.69) is 10.2 Å². The number of aromatic nitrogens is 2. The van der Waals surface area contributed by atoms with Crippen LogP contribution in [-0.2, 0) is 12.8 Å². The van der Waals surface area contributed by atoms with Gasteiger partial charge in [-0.15, -0.1) is 0 Å². The number of aromatic amines is 1. The van der Waals surface area contributed by atoms with Crippen molar-refractivity contribution < 1.29 is 31.7 Å². The number of carbonyl (C=O) groups excluding carboxylic acids is 1. The van der Waals surface area contributed by atoms with Crippen LogP contribution < -0.4 is 16.0 Å². The molecule has 2 aliphatic heterocycles. The number of nitrogens with one attached hydrogen (secondary N) is 2. The summed E-state index contributed by atoms with van der Waals surface area (Å²) in [6, 6.07) is 8.35. The Labute approximate surface area is 206 Å². The first-order valence-corrected chi connectivity index (χ1v) is 11.3. The van der Waals surface area contributed by atoms with Crippen molar-refractivity contribution in [1.82, 2.24) is 15.1 Å². The van der Waals surface area contributed by atoms with E-state index in [1.807, 2.05) is 0 Å². The molecule has 0 aliphatic carbocycles. The monoisotopic (exact) mass is 517 g/mol. The van der Waals surface area contributed by atoms with Crippen molar-refractivity contribution in [2.75, 3.05) is 26.2 Å². The number of carbonyl (C=O) groups is 1. The molecule has 0 saturated carbocycles. The fourth-order valence-corrected chi connectivity index (χ4v) is 4.64. The highest BCUT2D eigenvalue weighted by Crippen LogP contribution is 2.36. The standard InChI is InChI=1S/C24H20F4N6O3/c25-19-13(10-16-14-3-1-2-4-15(14)21(35)32-31-16)9-12-5-8-37-20(12)18(19)22(36)33-6-7-34(17(29)11-33)23(30)24(26,27)28/h1-4,9,29-30H,5-8,10-11H2,(H,32,35)/p+1. The largest absolute Gasteiger partial charge is 0.492 e. The lowest BCUT2D eigenvalue weighted by Gasteiger charge is -2.28. The summed E-state index contributed by atoms with van der Waals surface area (Å²) in [6.07, 6.45) is -4.49. The lowest BCUT2D eigenvalue weighted by molar-refractivity contribution is -0.437. The maximum absolute atomic E-state index is 15.9. The number of rotatable bonds is 3. The number of halogens is 4. The lowest BCUT2D eigenvalue weighted by Crippen LogP contribution is -2.54. The van der Waals surface area contributed by atoms with E-state index in [0.29, 0.717) is 33.0 Å². The molecule has 2 aromatic carbocycles. The number of alkyl halides is 3. The van der Waals surface area contributed by atoms with Crippen LogP contribution in [0.15, 0.2) is 35.1 Å². The van der Waals surface area contributed by atoms with Gasteiger partial charge in [-0.05, 0) is 23.3 Å². The van der Waals surface area contributed by atoms with Crippen molar-refractivity contribution in [3.8, 4) is 5.75 Å². The van der Waals surface area contributed by atoms with Crippen LogP contribution in [0.25, 0.3) is 10.8 Å². The summed E-state index contributed by atoms with van der Waals surface area (Å²) in [5.41, 5.74) is 6.24. The van der Waals surface area contributed by atoms with Crippen molar-refractivity contribution in [2.45, 2.75) is 19.0 Å². The Bertz CT molecular complexity index is 1550. The molecular weight excluding hydrogens is 496 g/mol. The van der Waals surface area contributed by atoms with Crippen molar-refractivity contribution in [3.63, 3.8) is 0 Å². The fourth-order valence-electron chi connectivity index (χ4n) is 4.64. The van der Waals surface area contributed by atoms with Crippen LogP contribution in [0.2, 0.25) is 0 Å². The van der Waals surface area contributed by atoms with Crippen LogP contribution >= 0.6 is 0 Å². The highest BCUT2D eigenvalue weighted by molar-refractivity contribution is 6.00. The number of hydrogen-bond acceptors (Lipinski definition) is 6. The number of H-pyrrole nitrogens is 1. The second-order valence-electron chi connectivity index (χ2n) is 8.75. The molecule has 37 heavy (non-hydrogen) atoms. The highest BCUT2D eigenvalue weighted by atomic mass is 19.4. The minimum absolute atomic E-state index is 0.0263. The van der Waals surface area contributed by atoms with Gasteiger partial charge in [0.05, 0.1) is 30.8 Å². The lowest BCUT2D eigenvalue weighted by atomic mass is 9.97. The van der Waals surface area contributed by atoms with Crippen LogP contribution in [0.3, 0.4) is 0 Å². The summed E-state index contributed by atoms with van der Waals surface area (Å²) in [4.78, 5) is 26.7. The molecule has 0 unspecified atom stereocenters. The van der Waals surface area contributed by atoms with E-state index >= 15 is 4.39 Å². The molecule has 2 aliphatic rings. The second kappa shape index (κ2) is 8.98. The molecule has 0 bridgehead atoms. The van der Waals surface area contributed by atoms with Gasteiger partial charge < -0.3 is 15.4 Å². The predicted molar refractivity (Wildman–Crippen MR) is 125 cm³/mol. The normalized spacial score (nSPS) is 15.6. The number of ether oxygens (including phenoxy) is 1. The third-order valence-corrected chi connectivity index (χ3v) is 6.45. The smallest absolute Gasteiger partial charge is 0.481 e. The number of nitrogens with zero attached hydrogens (tertiary/aromatic N) is 3. The zero-order valence-corrected chi connectivity index (χ0v) is 19.3. The quantitative estimate of drug-likeness (QED) is 0.212. The molecule has 3 heterocycles. The van der Waals surface area contributed by atoms with Gasteiger partial charge in [-0.25, -0.2) is 14.1 Å². The summed E-state index contributed by atoms with van der Waals surface area (Å²) in [5, 5.41) is 14.8. The minimum Gasteiger partial charge on any atom is -0.492 e. The maximum atomic E-state index is 15.9. The van der Waals surface area contributed by atoms with Crippen LogP contribution in [0.5, 0.6) is 5.75 Å². The topological polar surface area (TPSA) is 128 Å². The van der Waals surface area contributed by atoms with E-state index < -0.39 is 30.3 Å². The SMILES string of the molecule is N=C([N+]1=C(N)CN(C(=O)c2c(F)c(Cc3n[nH]c(=O)c4ccccc34)cc3c2OCC3)CC1)C(F)(F)F. The second-order valence-corrected chi connectivity index (χ2v) is 8.75. The number of benzene rings is 2. The van der Waals surface area contributed by atoms with E-state index in [9.17, 15) is 22.8 Å². The molecular formula is C24H21F4N6O3+. The predicted octanol–water partition coefficient (Wildman–Crippen LogP) is 1.95. The van der Waals surface area contributed by atoms with Crippen molar-refractivity contribution >= 4 is 28.4 Å². The van der Waals surface area contributed by atoms with Gasteiger partial charge in [0.2, 0.25) is 5.84 Å². The first-order valence-electron chi connectivity index (χ1n) is 11.3. The molecule has 0 radical (unpaired) electrons. The van der Waals surface area contributed by atoms with Crippen molar-refractivity contribution in [1.29, 1.82) is 5.41 Å². The van der Waals surface area contributed by atoms with Gasteiger partial charge in [-0.3, -0.25) is 9.59 Å². The Hall–Kier alpha value is -4.29. The van der Waals surface area contributed by atoms with E-state index in [1.54, 1.807) is 30.3 Å². The molecule has 0 spiro atoms. The molecule has 0 atom stereocenters. The Balaban J connectivity index is 1.51. The van der Waals surface area contributed by atoms with Crippen LogP contribution in [0, 0.1) is 11.2 Å². The summed E-state index contributed by atoms with van der Waals surface area (Å²) in [5.74, 6) is -3.51. The molecule has 192 valence electrons. The first kappa shape index (κ1) is 24.4. The van der Waals surface area contributed by atoms with Gasteiger partial charge in [0.25, 0.3) is 11.5 Å². The van der Waals surface area contributed by atoms with Gasteiger partial charge in [0.1, 0.15) is 23.7 Å². The Morgan fingerprint density at radius 3 is 2.70 bits per heavy atom. The summed E-state index contributed by atoms with van der Waals surface area (Å²) >= 11 is 0. The number of fused-ring (bicyclic) bond motifs is 2. The molecule has 3 aromatic rings. The van der Waals surface area contributed by atoms with Crippen LogP contribution in [-0.4, -0.2) is 69.7 Å². The van der Waals surface area contributed by atoms with E-state index in [0.717, 1.165) is 4.90 Å². The van der Waals surface area contributed by atoms with Gasteiger partial charge >= 0.3 is 12.0 Å². The number of hydrogen-bond donors (Lipinski definition) is 3. The Kier molecular flexibility index (Phi) is 5.92. The number of amides is 1. The van der Waals surface area contributed by atoms with Gasteiger partial charge in [0.15, 0.2) is 0 Å². The van der Waals surface area contributed by atoms with Gasteiger partial charge in [0, 0.05) is 18.2 Å². The highest BCUT2D eigenvalue weighted by Gasteiger charge is 2.44. The average molecular weight is 517 g/mol. The third kappa shape index (κ3) is 4.30. The minimum atomic E-state index is -4.90. The average Bonchev–Trinajstić information content (AvgIpc) is 3.33. The Morgan fingerprint density at radius 2 is 2.00 bits per heavy atom. The van der Waals surface area contributed by atoms with E-state index in [4.69, 9.17) is 15.9 Å². The van der Waals surface area contributed by atoms with Gasteiger partial charge in [-0.2, -0.15) is 23.7 Å². The van der Waals surface area contributed by atoms with E-state index in [-0.39, 0.29) is 54.4 Å². The summed E-state index contributed by atoms with van der Waals surface area (Å²) in [6.45, 7) is -0.749. The molecule has 0 fully saturated rings. The van der Waals surface area contributed by atoms with Crippen LogP contribution in [0.4, 0.5) is 17.6 Å². The Morgan fingerprint density at radius 1 is 1.27 bits per heavy atom. The molecule has 9 nitrogen and oxygen atoms in total. The maximum Gasteiger partial charge on any atom is 0.481 e. The molecule has 1 aromatic heterocycles. The first-order chi connectivity index (χ1) is 17.6. The molecule has 0 saturated heterocycles. The zero-order chi connectivity index (χ0) is 26.5.